The number of carbonyl (C=O) groups excluding carboxylic acids is 2. The topological polar surface area (TPSA) is 71.3 Å². The van der Waals surface area contributed by atoms with E-state index in [4.69, 9.17) is 4.42 Å². The minimum Gasteiger partial charge on any atom is -0.451 e. The second-order valence-corrected chi connectivity index (χ2v) is 7.77. The Hall–Kier alpha value is -4.12. The van der Waals surface area contributed by atoms with Gasteiger partial charge >= 0.3 is 0 Å². The molecule has 5 nitrogen and oxygen atoms in total. The molecule has 0 spiro atoms. The van der Waals surface area contributed by atoms with Crippen molar-refractivity contribution < 1.29 is 14.0 Å². The second kappa shape index (κ2) is 8.94. The van der Waals surface area contributed by atoms with Crippen molar-refractivity contribution in [3.8, 4) is 11.3 Å². The minimum absolute atomic E-state index is 0.181. The third-order valence-corrected chi connectivity index (χ3v) is 5.39. The maximum Gasteiger partial charge on any atom is 0.291 e. The number of rotatable bonds is 5. The van der Waals surface area contributed by atoms with Crippen molar-refractivity contribution in [2.45, 2.75) is 20.8 Å². The zero-order chi connectivity index (χ0) is 22.7. The van der Waals surface area contributed by atoms with Crippen LogP contribution >= 0.6 is 0 Å². The van der Waals surface area contributed by atoms with Gasteiger partial charge in [-0.3, -0.25) is 9.59 Å². The van der Waals surface area contributed by atoms with Crippen LogP contribution < -0.4 is 10.6 Å². The van der Waals surface area contributed by atoms with Gasteiger partial charge in [0.1, 0.15) is 5.76 Å². The molecule has 32 heavy (non-hydrogen) atoms. The van der Waals surface area contributed by atoms with Gasteiger partial charge in [0.2, 0.25) is 0 Å². The van der Waals surface area contributed by atoms with E-state index in [-0.39, 0.29) is 17.6 Å². The number of hydrogen-bond acceptors (Lipinski definition) is 3. The number of furan rings is 1. The first-order valence-electron chi connectivity index (χ1n) is 10.4. The molecular weight excluding hydrogens is 400 g/mol. The fourth-order valence-corrected chi connectivity index (χ4v) is 3.37. The number of nitrogens with one attached hydrogen (secondary N) is 2. The smallest absolute Gasteiger partial charge is 0.291 e. The van der Waals surface area contributed by atoms with E-state index in [0.29, 0.717) is 22.7 Å². The molecular formula is C27H24N2O3. The standard InChI is InChI=1S/C27H24N2O3/c1-17-9-10-21(15-18(17)2)24-13-14-25(32-24)27(31)28-22-11-12-23(19(3)16-22)29-26(30)20-7-5-4-6-8-20/h4-16H,1-3H3,(H,28,31)(H,29,30). The van der Waals surface area contributed by atoms with Gasteiger partial charge in [-0.05, 0) is 86.0 Å². The van der Waals surface area contributed by atoms with Crippen molar-refractivity contribution >= 4 is 23.2 Å². The van der Waals surface area contributed by atoms with Gasteiger partial charge < -0.3 is 15.1 Å². The van der Waals surface area contributed by atoms with E-state index < -0.39 is 0 Å². The Kier molecular flexibility index (Phi) is 5.90. The highest BCUT2D eigenvalue weighted by atomic mass is 16.3. The molecule has 0 saturated carbocycles. The van der Waals surface area contributed by atoms with Crippen molar-refractivity contribution in [2.75, 3.05) is 10.6 Å². The van der Waals surface area contributed by atoms with E-state index in [0.717, 1.165) is 11.1 Å². The van der Waals surface area contributed by atoms with E-state index in [9.17, 15) is 9.59 Å². The van der Waals surface area contributed by atoms with Gasteiger partial charge in [-0.25, -0.2) is 0 Å². The van der Waals surface area contributed by atoms with Gasteiger partial charge in [-0.15, -0.1) is 0 Å². The quantitative estimate of drug-likeness (QED) is 0.391. The summed E-state index contributed by atoms with van der Waals surface area (Å²) in [6.07, 6.45) is 0. The van der Waals surface area contributed by atoms with Crippen LogP contribution in [-0.2, 0) is 0 Å². The van der Waals surface area contributed by atoms with Gasteiger partial charge in [-0.2, -0.15) is 0 Å². The fraction of sp³-hybridized carbons (Fsp3) is 0.111. The predicted octanol–water partition coefficient (Wildman–Crippen LogP) is 6.38. The largest absolute Gasteiger partial charge is 0.451 e. The van der Waals surface area contributed by atoms with Gasteiger partial charge in [0.15, 0.2) is 5.76 Å². The molecule has 0 fully saturated rings. The molecule has 2 amide bonds. The maximum atomic E-state index is 12.7. The van der Waals surface area contributed by atoms with E-state index >= 15 is 0 Å². The fourth-order valence-electron chi connectivity index (χ4n) is 3.37. The Bertz CT molecular complexity index is 1290. The normalized spacial score (nSPS) is 10.6. The highest BCUT2D eigenvalue weighted by Gasteiger charge is 2.14. The lowest BCUT2D eigenvalue weighted by atomic mass is 10.1. The number of carbonyl (C=O) groups is 2. The molecule has 0 bridgehead atoms. The Labute approximate surface area is 187 Å². The summed E-state index contributed by atoms with van der Waals surface area (Å²) in [5.41, 5.74) is 6.03. The Morgan fingerprint density at radius 2 is 1.47 bits per heavy atom. The highest BCUT2D eigenvalue weighted by Crippen LogP contribution is 2.26. The number of anilines is 2. The first kappa shape index (κ1) is 21.1. The molecule has 0 radical (unpaired) electrons. The summed E-state index contributed by atoms with van der Waals surface area (Å²) >= 11 is 0. The van der Waals surface area contributed by atoms with E-state index in [1.54, 1.807) is 36.4 Å². The Balaban J connectivity index is 1.45. The summed E-state index contributed by atoms with van der Waals surface area (Å²) in [7, 11) is 0. The number of hydrogen-bond donors (Lipinski definition) is 2. The van der Waals surface area contributed by atoms with Crippen LogP contribution in [0.25, 0.3) is 11.3 Å². The van der Waals surface area contributed by atoms with E-state index in [1.807, 2.05) is 56.3 Å². The molecule has 4 aromatic rings. The molecule has 4 rings (SSSR count). The molecule has 0 atom stereocenters. The second-order valence-electron chi connectivity index (χ2n) is 7.77. The van der Waals surface area contributed by atoms with Crippen molar-refractivity contribution in [3.63, 3.8) is 0 Å². The minimum atomic E-state index is -0.333. The van der Waals surface area contributed by atoms with Crippen LogP contribution in [0.1, 0.15) is 37.6 Å². The van der Waals surface area contributed by atoms with Crippen molar-refractivity contribution in [1.82, 2.24) is 0 Å². The SMILES string of the molecule is Cc1ccc(-c2ccc(C(=O)Nc3ccc(NC(=O)c4ccccc4)c(C)c3)o2)cc1C. The molecule has 0 saturated heterocycles. The number of benzene rings is 3. The molecule has 3 aromatic carbocycles. The van der Waals surface area contributed by atoms with Gasteiger partial charge in [-0.1, -0.05) is 30.3 Å². The average Bonchev–Trinajstić information content (AvgIpc) is 3.28. The number of aryl methyl sites for hydroxylation is 3. The molecule has 0 aliphatic carbocycles. The first-order valence-corrected chi connectivity index (χ1v) is 10.4. The summed E-state index contributed by atoms with van der Waals surface area (Å²) < 4.78 is 5.79. The molecule has 0 aliphatic heterocycles. The lowest BCUT2D eigenvalue weighted by Crippen LogP contribution is -2.14. The summed E-state index contributed by atoms with van der Waals surface area (Å²) in [6.45, 7) is 5.98. The van der Waals surface area contributed by atoms with Crippen LogP contribution in [0.2, 0.25) is 0 Å². The molecule has 0 aliphatic rings. The van der Waals surface area contributed by atoms with Crippen molar-refractivity contribution in [3.05, 3.63) is 107 Å². The highest BCUT2D eigenvalue weighted by molar-refractivity contribution is 6.05. The van der Waals surface area contributed by atoms with Crippen LogP contribution in [0.4, 0.5) is 11.4 Å². The summed E-state index contributed by atoms with van der Waals surface area (Å²) in [5.74, 6) is 0.367. The van der Waals surface area contributed by atoms with Crippen molar-refractivity contribution in [1.29, 1.82) is 0 Å². The molecule has 1 heterocycles. The summed E-state index contributed by atoms with van der Waals surface area (Å²) in [4.78, 5) is 25.0. The third-order valence-electron chi connectivity index (χ3n) is 5.39. The van der Waals surface area contributed by atoms with Crippen LogP contribution in [0, 0.1) is 20.8 Å². The lowest BCUT2D eigenvalue weighted by Gasteiger charge is -2.11. The van der Waals surface area contributed by atoms with Crippen LogP contribution in [0.15, 0.2) is 83.3 Å². The third kappa shape index (κ3) is 4.62. The zero-order valence-electron chi connectivity index (χ0n) is 18.2. The van der Waals surface area contributed by atoms with Crippen LogP contribution in [0.5, 0.6) is 0 Å². The monoisotopic (exact) mass is 424 g/mol. The molecule has 160 valence electrons. The van der Waals surface area contributed by atoms with E-state index in [2.05, 4.69) is 17.6 Å². The molecule has 0 unspecified atom stereocenters. The molecule has 2 N–H and O–H groups in total. The zero-order valence-corrected chi connectivity index (χ0v) is 18.2. The maximum absolute atomic E-state index is 12.7. The van der Waals surface area contributed by atoms with Crippen LogP contribution in [0.3, 0.4) is 0 Å². The Morgan fingerprint density at radius 3 is 2.19 bits per heavy atom. The lowest BCUT2D eigenvalue weighted by molar-refractivity contribution is 0.0995. The predicted molar refractivity (Wildman–Crippen MR) is 127 cm³/mol. The van der Waals surface area contributed by atoms with Crippen LogP contribution in [-0.4, -0.2) is 11.8 Å². The van der Waals surface area contributed by atoms with Crippen molar-refractivity contribution in [2.24, 2.45) is 0 Å². The Morgan fingerprint density at radius 1 is 0.688 bits per heavy atom. The summed E-state index contributed by atoms with van der Waals surface area (Å²) in [6, 6.07) is 23.9. The summed E-state index contributed by atoms with van der Waals surface area (Å²) in [5, 5.41) is 5.75. The molecule has 1 aromatic heterocycles. The van der Waals surface area contributed by atoms with Gasteiger partial charge in [0, 0.05) is 22.5 Å². The van der Waals surface area contributed by atoms with Gasteiger partial charge in [0.05, 0.1) is 0 Å². The first-order chi connectivity index (χ1) is 15.4. The molecule has 5 heteroatoms. The van der Waals surface area contributed by atoms with E-state index in [1.165, 1.54) is 11.1 Å². The number of amides is 2. The van der Waals surface area contributed by atoms with Gasteiger partial charge in [0.25, 0.3) is 11.8 Å². The average molecular weight is 425 g/mol.